The van der Waals surface area contributed by atoms with Crippen molar-refractivity contribution in [2.45, 2.75) is 19.5 Å². The summed E-state index contributed by atoms with van der Waals surface area (Å²) in [5.41, 5.74) is 0. The van der Waals surface area contributed by atoms with Gasteiger partial charge in [0, 0.05) is 13.1 Å². The number of hydrogen-bond acceptors (Lipinski definition) is 3. The van der Waals surface area contributed by atoms with E-state index in [0.29, 0.717) is 6.04 Å². The molecular formula is C6H9BrN4. The molecule has 0 aromatic carbocycles. The highest BCUT2D eigenvalue weighted by Crippen LogP contribution is 2.17. The topological polar surface area (TPSA) is 42.7 Å². The number of nitrogens with one attached hydrogen (secondary N) is 1. The van der Waals surface area contributed by atoms with E-state index in [9.17, 15) is 0 Å². The summed E-state index contributed by atoms with van der Waals surface area (Å²) in [6, 6.07) is 0.322. The van der Waals surface area contributed by atoms with Crippen LogP contribution >= 0.6 is 15.9 Å². The first-order valence-electron chi connectivity index (χ1n) is 3.61. The van der Waals surface area contributed by atoms with E-state index in [1.807, 2.05) is 0 Å². The van der Waals surface area contributed by atoms with Gasteiger partial charge in [0.25, 0.3) is 0 Å². The Morgan fingerprint density at radius 2 is 2.45 bits per heavy atom. The normalized spacial score (nSPS) is 23.3. The van der Waals surface area contributed by atoms with Crippen molar-refractivity contribution in [3.63, 3.8) is 0 Å². The number of hydrogen-bond donors (Lipinski definition) is 1. The van der Waals surface area contributed by atoms with Crippen LogP contribution in [0.15, 0.2) is 4.73 Å². The molecule has 0 amide bonds. The summed E-state index contributed by atoms with van der Waals surface area (Å²) in [6.07, 6.45) is 0. The summed E-state index contributed by atoms with van der Waals surface area (Å²) < 4.78 is 2.92. The highest BCUT2D eigenvalue weighted by Gasteiger charge is 2.19. The Labute approximate surface area is 73.1 Å². The summed E-state index contributed by atoms with van der Waals surface area (Å²) in [5.74, 6) is 1.02. The van der Waals surface area contributed by atoms with E-state index in [1.165, 1.54) is 0 Å². The van der Waals surface area contributed by atoms with Crippen LogP contribution in [0.5, 0.6) is 0 Å². The fourth-order valence-electron chi connectivity index (χ4n) is 1.31. The summed E-state index contributed by atoms with van der Waals surface area (Å²) >= 11 is 3.34. The standard InChI is InChI=1S/C6H9BrN4/c1-4-5-9-10-6(7)11(5)3-2-8-4/h4,8H,2-3H2,1H3/t4-/m1/s1. The lowest BCUT2D eigenvalue weighted by Gasteiger charge is -2.20. The zero-order valence-electron chi connectivity index (χ0n) is 6.21. The second-order valence-electron chi connectivity index (χ2n) is 2.65. The molecule has 5 heteroatoms. The van der Waals surface area contributed by atoms with E-state index in [2.05, 4.69) is 42.9 Å². The highest BCUT2D eigenvalue weighted by molar-refractivity contribution is 9.10. The van der Waals surface area contributed by atoms with Crippen LogP contribution in [0.2, 0.25) is 0 Å². The fourth-order valence-corrected chi connectivity index (χ4v) is 1.74. The van der Waals surface area contributed by atoms with Gasteiger partial charge in [-0.1, -0.05) is 0 Å². The van der Waals surface area contributed by atoms with Crippen LogP contribution in [-0.2, 0) is 6.54 Å². The van der Waals surface area contributed by atoms with Gasteiger partial charge in [0.2, 0.25) is 0 Å². The number of fused-ring (bicyclic) bond motifs is 1. The minimum atomic E-state index is 0.322. The third-order valence-electron chi connectivity index (χ3n) is 1.91. The molecule has 2 rings (SSSR count). The second-order valence-corrected chi connectivity index (χ2v) is 3.36. The lowest BCUT2D eigenvalue weighted by molar-refractivity contribution is 0.433. The van der Waals surface area contributed by atoms with Crippen molar-refractivity contribution in [3.05, 3.63) is 10.6 Å². The lowest BCUT2D eigenvalue weighted by atomic mass is 10.2. The van der Waals surface area contributed by atoms with Gasteiger partial charge in [-0.05, 0) is 22.9 Å². The molecule has 0 radical (unpaired) electrons. The molecule has 0 spiro atoms. The van der Waals surface area contributed by atoms with E-state index >= 15 is 0 Å². The third kappa shape index (κ3) is 1.08. The first-order chi connectivity index (χ1) is 5.29. The van der Waals surface area contributed by atoms with Crippen molar-refractivity contribution >= 4 is 15.9 Å². The van der Waals surface area contributed by atoms with Gasteiger partial charge >= 0.3 is 0 Å². The maximum absolute atomic E-state index is 4.04. The zero-order chi connectivity index (χ0) is 7.84. The Hall–Kier alpha value is -0.420. The average molecular weight is 217 g/mol. The molecule has 1 aromatic rings. The zero-order valence-corrected chi connectivity index (χ0v) is 7.80. The SMILES string of the molecule is C[C@H]1NCCn2c(Br)nnc21. The smallest absolute Gasteiger partial charge is 0.200 e. The Morgan fingerprint density at radius 3 is 3.18 bits per heavy atom. The minimum absolute atomic E-state index is 0.322. The molecule has 1 atom stereocenters. The molecule has 0 aliphatic carbocycles. The molecule has 60 valence electrons. The van der Waals surface area contributed by atoms with Crippen LogP contribution in [0.1, 0.15) is 18.8 Å². The molecule has 1 N–H and O–H groups in total. The van der Waals surface area contributed by atoms with Crippen LogP contribution < -0.4 is 5.32 Å². The highest BCUT2D eigenvalue weighted by atomic mass is 79.9. The quantitative estimate of drug-likeness (QED) is 0.695. The molecular weight excluding hydrogens is 208 g/mol. The van der Waals surface area contributed by atoms with Gasteiger partial charge in [-0.3, -0.25) is 0 Å². The Morgan fingerprint density at radius 1 is 1.64 bits per heavy atom. The molecule has 0 fully saturated rings. The van der Waals surface area contributed by atoms with Gasteiger partial charge < -0.3 is 9.88 Å². The molecule has 4 nitrogen and oxygen atoms in total. The Kier molecular flexibility index (Phi) is 1.69. The molecule has 0 unspecified atom stereocenters. The van der Waals surface area contributed by atoms with E-state index in [0.717, 1.165) is 23.6 Å². The molecule has 1 aromatic heterocycles. The maximum Gasteiger partial charge on any atom is 0.200 e. The van der Waals surface area contributed by atoms with Gasteiger partial charge in [0.05, 0.1) is 6.04 Å². The van der Waals surface area contributed by atoms with Crippen molar-refractivity contribution in [1.82, 2.24) is 20.1 Å². The van der Waals surface area contributed by atoms with E-state index in [-0.39, 0.29) is 0 Å². The Bertz CT molecular complexity index is 270. The van der Waals surface area contributed by atoms with Crippen LogP contribution in [0.4, 0.5) is 0 Å². The van der Waals surface area contributed by atoms with Gasteiger partial charge in [-0.25, -0.2) is 0 Å². The van der Waals surface area contributed by atoms with Crippen LogP contribution in [0.3, 0.4) is 0 Å². The van der Waals surface area contributed by atoms with Crippen molar-refractivity contribution in [1.29, 1.82) is 0 Å². The number of aromatic nitrogens is 3. The third-order valence-corrected chi connectivity index (χ3v) is 2.49. The fraction of sp³-hybridized carbons (Fsp3) is 0.667. The van der Waals surface area contributed by atoms with Crippen molar-refractivity contribution in [2.24, 2.45) is 0 Å². The van der Waals surface area contributed by atoms with Crippen molar-refractivity contribution in [2.75, 3.05) is 6.54 Å². The van der Waals surface area contributed by atoms with Gasteiger partial charge in [0.1, 0.15) is 0 Å². The predicted octanol–water partition coefficient (Wildman–Crippen LogP) is 0.705. The van der Waals surface area contributed by atoms with E-state index < -0.39 is 0 Å². The minimum Gasteiger partial charge on any atom is -0.306 e. The van der Waals surface area contributed by atoms with Gasteiger partial charge in [-0.2, -0.15) is 0 Å². The first-order valence-corrected chi connectivity index (χ1v) is 4.40. The second kappa shape index (κ2) is 2.57. The van der Waals surface area contributed by atoms with Crippen molar-refractivity contribution in [3.8, 4) is 0 Å². The van der Waals surface area contributed by atoms with Crippen molar-refractivity contribution < 1.29 is 0 Å². The van der Waals surface area contributed by atoms with Crippen LogP contribution in [-0.4, -0.2) is 21.3 Å². The molecule has 11 heavy (non-hydrogen) atoms. The number of rotatable bonds is 0. The predicted molar refractivity (Wildman–Crippen MR) is 44.1 cm³/mol. The monoisotopic (exact) mass is 216 g/mol. The molecule has 1 aliphatic rings. The summed E-state index contributed by atoms with van der Waals surface area (Å²) in [5, 5.41) is 11.3. The van der Waals surface area contributed by atoms with E-state index in [4.69, 9.17) is 0 Å². The molecule has 0 saturated heterocycles. The number of halogens is 1. The van der Waals surface area contributed by atoms with Gasteiger partial charge in [0.15, 0.2) is 10.6 Å². The average Bonchev–Trinajstić information content (AvgIpc) is 2.35. The van der Waals surface area contributed by atoms with Crippen LogP contribution in [0, 0.1) is 0 Å². The molecule has 0 saturated carbocycles. The summed E-state index contributed by atoms with van der Waals surface area (Å²) in [4.78, 5) is 0. The van der Waals surface area contributed by atoms with Gasteiger partial charge in [-0.15, -0.1) is 10.2 Å². The van der Waals surface area contributed by atoms with Crippen LogP contribution in [0.25, 0.3) is 0 Å². The molecule has 1 aliphatic heterocycles. The molecule has 0 bridgehead atoms. The summed E-state index contributed by atoms with van der Waals surface area (Å²) in [6.45, 7) is 4.03. The largest absolute Gasteiger partial charge is 0.306 e. The maximum atomic E-state index is 4.04. The number of nitrogens with zero attached hydrogens (tertiary/aromatic N) is 3. The lowest BCUT2D eigenvalue weighted by Crippen LogP contribution is -2.31. The Balaban J connectivity index is 2.46. The molecule has 2 heterocycles. The summed E-state index contributed by atoms with van der Waals surface area (Å²) in [7, 11) is 0. The van der Waals surface area contributed by atoms with E-state index in [1.54, 1.807) is 0 Å². The first kappa shape index (κ1) is 7.24.